The minimum absolute atomic E-state index is 0.258. The van der Waals surface area contributed by atoms with Gasteiger partial charge in [0.05, 0.1) is 11.8 Å². The maximum atomic E-state index is 13.5. The van der Waals surface area contributed by atoms with Gasteiger partial charge in [-0.15, -0.1) is 0 Å². The number of carboxylic acid groups (broad SMARTS) is 1. The third kappa shape index (κ3) is 2.92. The molecule has 1 amide bonds. The summed E-state index contributed by atoms with van der Waals surface area (Å²) in [4.78, 5) is 22.6. The van der Waals surface area contributed by atoms with Crippen LogP contribution in [0.2, 0.25) is 0 Å². The van der Waals surface area contributed by atoms with Gasteiger partial charge in [-0.1, -0.05) is 0 Å². The minimum atomic E-state index is -2.35. The number of nitrogens with zero attached hydrogens (tertiary/aromatic N) is 2. The number of benzene rings is 1. The Kier molecular flexibility index (Phi) is 4.53. The largest absolute Gasteiger partial charge is 0.478 e. The van der Waals surface area contributed by atoms with Crippen LogP contribution in [0, 0.1) is 29.1 Å². The van der Waals surface area contributed by atoms with Crippen molar-refractivity contribution in [2.45, 2.75) is 13.0 Å². The Labute approximate surface area is 130 Å². The van der Waals surface area contributed by atoms with Gasteiger partial charge in [0, 0.05) is 6.20 Å². The van der Waals surface area contributed by atoms with Gasteiger partial charge < -0.3 is 10.4 Å². The molecule has 1 atom stereocenters. The fourth-order valence-corrected chi connectivity index (χ4v) is 1.72. The van der Waals surface area contributed by atoms with Gasteiger partial charge in [-0.2, -0.15) is 5.10 Å². The summed E-state index contributed by atoms with van der Waals surface area (Å²) >= 11 is 0. The van der Waals surface area contributed by atoms with Crippen LogP contribution in [-0.4, -0.2) is 26.8 Å². The molecule has 2 N–H and O–H groups in total. The Bertz CT molecular complexity index is 807. The second-order valence-electron chi connectivity index (χ2n) is 4.62. The lowest BCUT2D eigenvalue weighted by Crippen LogP contribution is -2.25. The zero-order valence-corrected chi connectivity index (χ0v) is 11.8. The van der Waals surface area contributed by atoms with Crippen molar-refractivity contribution in [3.8, 4) is 0 Å². The highest BCUT2D eigenvalue weighted by atomic mass is 19.2. The molecule has 0 bridgehead atoms. The molecular weight excluding hydrogens is 341 g/mol. The second kappa shape index (κ2) is 6.26. The van der Waals surface area contributed by atoms with Crippen molar-refractivity contribution >= 4 is 17.6 Å². The standard InChI is InChI=1S/C13H8F5N3O3/c1-4(21-3-5(2-19-21)13(23)24)12(22)20-11-9(17)7(15)6(14)8(16)10(11)18/h2-4H,1H3,(H,20,22)(H,23,24). The third-order valence-electron chi connectivity index (χ3n) is 3.08. The fraction of sp³-hybridized carbons (Fsp3) is 0.154. The number of carbonyl (C=O) groups is 2. The van der Waals surface area contributed by atoms with E-state index in [0.29, 0.717) is 0 Å². The van der Waals surface area contributed by atoms with E-state index in [-0.39, 0.29) is 5.56 Å². The van der Waals surface area contributed by atoms with E-state index in [1.165, 1.54) is 6.92 Å². The third-order valence-corrected chi connectivity index (χ3v) is 3.08. The van der Waals surface area contributed by atoms with Gasteiger partial charge >= 0.3 is 5.97 Å². The van der Waals surface area contributed by atoms with Crippen LogP contribution in [0.15, 0.2) is 12.4 Å². The topological polar surface area (TPSA) is 84.2 Å². The maximum absolute atomic E-state index is 13.5. The molecule has 2 aromatic rings. The number of anilines is 1. The van der Waals surface area contributed by atoms with E-state index in [1.54, 1.807) is 5.32 Å². The summed E-state index contributed by atoms with van der Waals surface area (Å²) in [5.74, 6) is -13.6. The molecule has 0 aliphatic rings. The zero-order valence-electron chi connectivity index (χ0n) is 11.8. The number of carboxylic acids is 1. The van der Waals surface area contributed by atoms with Gasteiger partial charge in [0.15, 0.2) is 23.3 Å². The molecule has 0 radical (unpaired) electrons. The number of amides is 1. The van der Waals surface area contributed by atoms with Crippen molar-refractivity contribution in [2.24, 2.45) is 0 Å². The number of aromatic nitrogens is 2. The molecule has 1 aromatic heterocycles. The monoisotopic (exact) mass is 349 g/mol. The SMILES string of the molecule is CC(C(=O)Nc1c(F)c(F)c(F)c(F)c1F)n1cc(C(=O)O)cn1. The Morgan fingerprint density at radius 2 is 1.58 bits per heavy atom. The summed E-state index contributed by atoms with van der Waals surface area (Å²) < 4.78 is 66.9. The van der Waals surface area contributed by atoms with Gasteiger partial charge in [0.1, 0.15) is 11.7 Å². The first-order chi connectivity index (χ1) is 11.1. The highest BCUT2D eigenvalue weighted by Gasteiger charge is 2.28. The van der Waals surface area contributed by atoms with Crippen molar-refractivity contribution in [1.82, 2.24) is 9.78 Å². The van der Waals surface area contributed by atoms with Gasteiger partial charge in [-0.25, -0.2) is 26.7 Å². The smallest absolute Gasteiger partial charge is 0.338 e. The Hall–Kier alpha value is -2.98. The van der Waals surface area contributed by atoms with Crippen LogP contribution in [0.1, 0.15) is 23.3 Å². The number of halogens is 5. The lowest BCUT2D eigenvalue weighted by atomic mass is 10.2. The summed E-state index contributed by atoms with van der Waals surface area (Å²) in [5.41, 5.74) is -1.76. The molecule has 0 saturated carbocycles. The summed E-state index contributed by atoms with van der Waals surface area (Å²) in [5, 5.41) is 13.9. The van der Waals surface area contributed by atoms with Crippen LogP contribution in [0.4, 0.5) is 27.6 Å². The summed E-state index contributed by atoms with van der Waals surface area (Å²) in [6.07, 6.45) is 1.88. The molecule has 1 heterocycles. The van der Waals surface area contributed by atoms with Gasteiger partial charge in [-0.05, 0) is 6.92 Å². The molecule has 1 aromatic carbocycles. The van der Waals surface area contributed by atoms with Gasteiger partial charge in [0.25, 0.3) is 0 Å². The number of nitrogens with one attached hydrogen (secondary N) is 1. The lowest BCUT2D eigenvalue weighted by Gasteiger charge is -2.14. The van der Waals surface area contributed by atoms with Gasteiger partial charge in [-0.3, -0.25) is 9.48 Å². The first-order valence-electron chi connectivity index (χ1n) is 6.24. The average molecular weight is 349 g/mol. The molecule has 1 unspecified atom stereocenters. The highest BCUT2D eigenvalue weighted by molar-refractivity contribution is 5.94. The number of hydrogen-bond acceptors (Lipinski definition) is 3. The van der Waals surface area contributed by atoms with Crippen LogP contribution in [0.3, 0.4) is 0 Å². The molecule has 128 valence electrons. The van der Waals surface area contributed by atoms with Crippen molar-refractivity contribution in [2.75, 3.05) is 5.32 Å². The molecule has 0 aliphatic heterocycles. The van der Waals surface area contributed by atoms with Crippen LogP contribution >= 0.6 is 0 Å². The van der Waals surface area contributed by atoms with E-state index in [1.807, 2.05) is 0 Å². The van der Waals surface area contributed by atoms with Crippen LogP contribution in [-0.2, 0) is 4.79 Å². The Morgan fingerprint density at radius 3 is 2.04 bits per heavy atom. The molecular formula is C13H8F5N3O3. The Morgan fingerprint density at radius 1 is 1.08 bits per heavy atom. The molecule has 0 aliphatic carbocycles. The van der Waals surface area contributed by atoms with Gasteiger partial charge in [0.2, 0.25) is 11.7 Å². The minimum Gasteiger partial charge on any atom is -0.478 e. The molecule has 0 saturated heterocycles. The van der Waals surface area contributed by atoms with E-state index in [9.17, 15) is 31.5 Å². The lowest BCUT2D eigenvalue weighted by molar-refractivity contribution is -0.119. The first-order valence-corrected chi connectivity index (χ1v) is 6.24. The van der Waals surface area contributed by atoms with E-state index in [0.717, 1.165) is 17.1 Å². The quantitative estimate of drug-likeness (QED) is 0.505. The highest BCUT2D eigenvalue weighted by Crippen LogP contribution is 2.27. The second-order valence-corrected chi connectivity index (χ2v) is 4.62. The first kappa shape index (κ1) is 17.4. The predicted molar refractivity (Wildman–Crippen MR) is 68.8 cm³/mol. The van der Waals surface area contributed by atoms with Crippen LogP contribution in [0.25, 0.3) is 0 Å². The summed E-state index contributed by atoms with van der Waals surface area (Å²) in [6.45, 7) is 1.18. The van der Waals surface area contributed by atoms with E-state index < -0.39 is 52.7 Å². The number of carbonyl (C=O) groups excluding carboxylic acids is 1. The molecule has 6 nitrogen and oxygen atoms in total. The summed E-state index contributed by atoms with van der Waals surface area (Å²) in [6, 6.07) is -1.28. The molecule has 11 heteroatoms. The summed E-state index contributed by atoms with van der Waals surface area (Å²) in [7, 11) is 0. The Balaban J connectivity index is 2.31. The fourth-order valence-electron chi connectivity index (χ4n) is 1.72. The van der Waals surface area contributed by atoms with Crippen molar-refractivity contribution in [1.29, 1.82) is 0 Å². The predicted octanol–water partition coefficient (Wildman–Crippen LogP) is 2.48. The molecule has 24 heavy (non-hydrogen) atoms. The van der Waals surface area contributed by atoms with Crippen LogP contribution in [0.5, 0.6) is 0 Å². The zero-order chi connectivity index (χ0) is 18.2. The average Bonchev–Trinajstić information content (AvgIpc) is 3.04. The van der Waals surface area contributed by atoms with E-state index >= 15 is 0 Å². The number of rotatable bonds is 4. The van der Waals surface area contributed by atoms with Crippen LogP contribution < -0.4 is 5.32 Å². The van der Waals surface area contributed by atoms with Crippen molar-refractivity contribution in [3.05, 3.63) is 47.0 Å². The molecule has 2 rings (SSSR count). The van der Waals surface area contributed by atoms with E-state index in [2.05, 4.69) is 5.10 Å². The molecule has 0 spiro atoms. The normalized spacial score (nSPS) is 12.1. The van der Waals surface area contributed by atoms with Crippen molar-refractivity contribution < 1.29 is 36.6 Å². The number of hydrogen-bond donors (Lipinski definition) is 2. The maximum Gasteiger partial charge on any atom is 0.338 e. The number of aromatic carboxylic acids is 1. The van der Waals surface area contributed by atoms with E-state index in [4.69, 9.17) is 5.11 Å². The van der Waals surface area contributed by atoms with Crippen molar-refractivity contribution in [3.63, 3.8) is 0 Å². The molecule has 0 fully saturated rings.